The summed E-state index contributed by atoms with van der Waals surface area (Å²) in [5.41, 5.74) is 1.36. The maximum absolute atomic E-state index is 9.87. The molecule has 10 heteroatoms. The predicted octanol–water partition coefficient (Wildman–Crippen LogP) is 1.32. The standard InChI is InChI=1S/C15H24N8O.ClH/c1-4-6-18-12-10-11(20-14(16-2)21-12)13(22-15(17-3)19-10)23-7-5-9(24)8-23;/h9,24H,4-8H2,1-3H3,(H,17,19,22)(H2,16,18,20,21);1H. The van der Waals surface area contributed by atoms with Crippen LogP contribution < -0.4 is 20.9 Å². The lowest BCUT2D eigenvalue weighted by atomic mass is 10.3. The minimum Gasteiger partial charge on any atom is -0.391 e. The van der Waals surface area contributed by atoms with Crippen LogP contribution in [0.4, 0.5) is 23.5 Å². The number of nitrogens with zero attached hydrogens (tertiary/aromatic N) is 5. The van der Waals surface area contributed by atoms with Crippen LogP contribution in [0.25, 0.3) is 11.0 Å². The molecule has 1 aliphatic rings. The van der Waals surface area contributed by atoms with E-state index in [2.05, 4.69) is 42.8 Å². The molecule has 0 saturated carbocycles. The van der Waals surface area contributed by atoms with E-state index in [-0.39, 0.29) is 18.5 Å². The molecule has 1 fully saturated rings. The Morgan fingerprint density at radius 2 is 1.76 bits per heavy atom. The fourth-order valence-electron chi connectivity index (χ4n) is 2.75. The van der Waals surface area contributed by atoms with Gasteiger partial charge in [0.15, 0.2) is 11.6 Å². The first-order valence-electron chi connectivity index (χ1n) is 8.28. The van der Waals surface area contributed by atoms with Gasteiger partial charge in [0.2, 0.25) is 11.9 Å². The van der Waals surface area contributed by atoms with Gasteiger partial charge in [-0.25, -0.2) is 9.97 Å². The highest BCUT2D eigenvalue weighted by atomic mass is 35.5. The number of aliphatic hydroxyl groups excluding tert-OH is 1. The van der Waals surface area contributed by atoms with E-state index in [1.54, 1.807) is 14.1 Å². The number of hydrogen-bond acceptors (Lipinski definition) is 9. The molecule has 138 valence electrons. The Morgan fingerprint density at radius 3 is 2.36 bits per heavy atom. The SMILES string of the molecule is CCCNc1nc(NC)nc2c(N3CCC(O)C3)nc(NC)nc12.Cl. The van der Waals surface area contributed by atoms with Crippen LogP contribution in [-0.2, 0) is 0 Å². The van der Waals surface area contributed by atoms with E-state index in [0.717, 1.165) is 31.7 Å². The molecule has 0 aromatic carbocycles. The molecule has 0 amide bonds. The number of rotatable bonds is 6. The average molecular weight is 369 g/mol. The fourth-order valence-corrected chi connectivity index (χ4v) is 2.75. The summed E-state index contributed by atoms with van der Waals surface area (Å²) in [6, 6.07) is 0. The van der Waals surface area contributed by atoms with E-state index in [0.29, 0.717) is 35.3 Å². The second-order valence-electron chi connectivity index (χ2n) is 5.78. The van der Waals surface area contributed by atoms with Crippen molar-refractivity contribution in [1.29, 1.82) is 0 Å². The second kappa shape index (κ2) is 8.30. The van der Waals surface area contributed by atoms with E-state index in [1.807, 2.05) is 4.90 Å². The van der Waals surface area contributed by atoms with E-state index in [1.165, 1.54) is 0 Å². The third-order valence-corrected chi connectivity index (χ3v) is 3.98. The van der Waals surface area contributed by atoms with E-state index >= 15 is 0 Å². The molecule has 0 bridgehead atoms. The molecule has 2 aromatic rings. The first kappa shape index (κ1) is 19.2. The summed E-state index contributed by atoms with van der Waals surface area (Å²) in [4.78, 5) is 20.2. The molecular weight excluding hydrogens is 344 g/mol. The zero-order valence-corrected chi connectivity index (χ0v) is 15.5. The lowest BCUT2D eigenvalue weighted by molar-refractivity contribution is 0.198. The highest BCUT2D eigenvalue weighted by Crippen LogP contribution is 2.30. The Labute approximate surface area is 153 Å². The Kier molecular flexibility index (Phi) is 6.38. The molecule has 0 spiro atoms. The van der Waals surface area contributed by atoms with Crippen molar-refractivity contribution in [2.24, 2.45) is 0 Å². The lowest BCUT2D eigenvalue weighted by Gasteiger charge is -2.20. The molecule has 1 atom stereocenters. The minimum absolute atomic E-state index is 0. The monoisotopic (exact) mass is 368 g/mol. The van der Waals surface area contributed by atoms with Gasteiger partial charge in [-0.2, -0.15) is 9.97 Å². The number of nitrogens with one attached hydrogen (secondary N) is 3. The largest absolute Gasteiger partial charge is 0.391 e. The average Bonchev–Trinajstić information content (AvgIpc) is 3.04. The fraction of sp³-hybridized carbons (Fsp3) is 0.600. The molecule has 1 unspecified atom stereocenters. The van der Waals surface area contributed by atoms with Crippen LogP contribution in [0.2, 0.25) is 0 Å². The normalized spacial score (nSPS) is 16.6. The minimum atomic E-state index is -0.337. The third-order valence-electron chi connectivity index (χ3n) is 3.98. The van der Waals surface area contributed by atoms with E-state index in [4.69, 9.17) is 0 Å². The van der Waals surface area contributed by atoms with Gasteiger partial charge in [0.1, 0.15) is 11.0 Å². The number of hydrogen-bond donors (Lipinski definition) is 4. The van der Waals surface area contributed by atoms with Crippen LogP contribution in [0, 0.1) is 0 Å². The van der Waals surface area contributed by atoms with Crippen molar-refractivity contribution in [1.82, 2.24) is 19.9 Å². The second-order valence-corrected chi connectivity index (χ2v) is 5.78. The quantitative estimate of drug-likeness (QED) is 0.599. The smallest absolute Gasteiger partial charge is 0.225 e. The summed E-state index contributed by atoms with van der Waals surface area (Å²) in [6.45, 7) is 4.19. The van der Waals surface area contributed by atoms with Gasteiger partial charge in [-0.05, 0) is 12.8 Å². The third kappa shape index (κ3) is 3.93. The molecule has 0 radical (unpaired) electrons. The lowest BCUT2D eigenvalue weighted by Crippen LogP contribution is -2.23. The maximum atomic E-state index is 9.87. The summed E-state index contributed by atoms with van der Waals surface area (Å²) in [7, 11) is 3.57. The zero-order chi connectivity index (χ0) is 17.1. The molecular formula is C15H25ClN8O. The van der Waals surface area contributed by atoms with Crippen LogP contribution in [0.5, 0.6) is 0 Å². The van der Waals surface area contributed by atoms with Crippen LogP contribution >= 0.6 is 12.4 Å². The van der Waals surface area contributed by atoms with Gasteiger partial charge in [-0.1, -0.05) is 6.92 Å². The Balaban J connectivity index is 0.00000225. The summed E-state index contributed by atoms with van der Waals surface area (Å²) in [5, 5.41) is 19.2. The molecule has 1 saturated heterocycles. The molecule has 3 rings (SSSR count). The van der Waals surface area contributed by atoms with Crippen molar-refractivity contribution >= 4 is 47.0 Å². The van der Waals surface area contributed by atoms with Gasteiger partial charge < -0.3 is 26.0 Å². The molecule has 9 nitrogen and oxygen atoms in total. The first-order valence-corrected chi connectivity index (χ1v) is 8.28. The summed E-state index contributed by atoms with van der Waals surface area (Å²) in [6.07, 6.45) is 1.37. The predicted molar refractivity (Wildman–Crippen MR) is 103 cm³/mol. The van der Waals surface area contributed by atoms with Crippen molar-refractivity contribution < 1.29 is 5.11 Å². The van der Waals surface area contributed by atoms with Crippen molar-refractivity contribution in [3.05, 3.63) is 0 Å². The Morgan fingerprint density at radius 1 is 1.08 bits per heavy atom. The molecule has 1 aliphatic heterocycles. The molecule has 25 heavy (non-hydrogen) atoms. The summed E-state index contributed by atoms with van der Waals surface area (Å²) in [5.74, 6) is 2.44. The maximum Gasteiger partial charge on any atom is 0.225 e. The highest BCUT2D eigenvalue weighted by Gasteiger charge is 2.26. The molecule has 0 aliphatic carbocycles. The van der Waals surface area contributed by atoms with Gasteiger partial charge in [0.25, 0.3) is 0 Å². The number of anilines is 4. The van der Waals surface area contributed by atoms with E-state index < -0.39 is 0 Å². The Hall–Kier alpha value is -2.13. The summed E-state index contributed by atoms with van der Waals surface area (Å²) >= 11 is 0. The first-order chi connectivity index (χ1) is 11.7. The van der Waals surface area contributed by atoms with Crippen LogP contribution in [-0.4, -0.2) is 64.9 Å². The topological polar surface area (TPSA) is 111 Å². The number of aliphatic hydroxyl groups is 1. The highest BCUT2D eigenvalue weighted by molar-refractivity contribution is 5.94. The van der Waals surface area contributed by atoms with Crippen molar-refractivity contribution in [2.75, 3.05) is 54.6 Å². The van der Waals surface area contributed by atoms with Crippen LogP contribution in [0.1, 0.15) is 19.8 Å². The van der Waals surface area contributed by atoms with Gasteiger partial charge in [0, 0.05) is 33.7 Å². The number of halogens is 1. The number of fused-ring (bicyclic) bond motifs is 1. The molecule has 4 N–H and O–H groups in total. The van der Waals surface area contributed by atoms with Gasteiger partial charge in [-0.15, -0.1) is 12.4 Å². The van der Waals surface area contributed by atoms with Crippen molar-refractivity contribution in [3.63, 3.8) is 0 Å². The number of aromatic nitrogens is 4. The van der Waals surface area contributed by atoms with Crippen molar-refractivity contribution in [3.8, 4) is 0 Å². The number of β-amino-alcohol motifs (C(OH)–C–C–N with tert-alkyl or cyclic N) is 1. The van der Waals surface area contributed by atoms with Gasteiger partial charge in [-0.3, -0.25) is 0 Å². The van der Waals surface area contributed by atoms with Crippen LogP contribution in [0.15, 0.2) is 0 Å². The van der Waals surface area contributed by atoms with E-state index in [9.17, 15) is 5.11 Å². The van der Waals surface area contributed by atoms with Gasteiger partial charge in [0.05, 0.1) is 6.10 Å². The zero-order valence-electron chi connectivity index (χ0n) is 14.7. The van der Waals surface area contributed by atoms with Crippen LogP contribution in [0.3, 0.4) is 0 Å². The Bertz CT molecular complexity index is 728. The van der Waals surface area contributed by atoms with Gasteiger partial charge >= 0.3 is 0 Å². The molecule has 3 heterocycles. The van der Waals surface area contributed by atoms with Crippen molar-refractivity contribution in [2.45, 2.75) is 25.9 Å². The summed E-state index contributed by atoms with van der Waals surface area (Å²) < 4.78 is 0. The molecule has 2 aromatic heterocycles.